The summed E-state index contributed by atoms with van der Waals surface area (Å²) in [6.45, 7) is 8.71. The molecule has 1 aromatic carbocycles. The molecule has 19 heavy (non-hydrogen) atoms. The van der Waals surface area contributed by atoms with E-state index >= 15 is 0 Å². The third kappa shape index (κ3) is 6.72. The third-order valence-electron chi connectivity index (χ3n) is 3.44. The van der Waals surface area contributed by atoms with Crippen molar-refractivity contribution in [3.05, 3.63) is 35.6 Å². The molecule has 1 aromatic rings. The molecule has 0 aromatic heterocycles. The minimum absolute atomic E-state index is 0.147. The number of hydrogen-bond acceptors (Lipinski definition) is 1. The van der Waals surface area contributed by atoms with E-state index in [9.17, 15) is 4.39 Å². The van der Waals surface area contributed by atoms with E-state index < -0.39 is 0 Å². The Bertz CT molecular complexity index is 332. The number of nitrogens with one attached hydrogen (secondary N) is 1. The van der Waals surface area contributed by atoms with Crippen LogP contribution in [0.5, 0.6) is 0 Å². The first kappa shape index (κ1) is 16.2. The Labute approximate surface area is 117 Å². The van der Waals surface area contributed by atoms with Crippen LogP contribution in [0.15, 0.2) is 24.3 Å². The summed E-state index contributed by atoms with van der Waals surface area (Å²) >= 11 is 0. The Morgan fingerprint density at radius 3 is 2.32 bits per heavy atom. The van der Waals surface area contributed by atoms with Crippen LogP contribution in [0.1, 0.15) is 57.9 Å². The van der Waals surface area contributed by atoms with Crippen molar-refractivity contribution in [1.29, 1.82) is 0 Å². The lowest BCUT2D eigenvalue weighted by Crippen LogP contribution is -2.25. The predicted octanol–water partition coefficient (Wildman–Crippen LogP) is 4.74. The van der Waals surface area contributed by atoms with Crippen molar-refractivity contribution in [3.63, 3.8) is 0 Å². The Kier molecular flexibility index (Phi) is 7.73. The summed E-state index contributed by atoms with van der Waals surface area (Å²) in [5.41, 5.74) is 1.26. The Balaban J connectivity index is 2.54. The van der Waals surface area contributed by atoms with E-state index in [2.05, 4.69) is 26.1 Å². The van der Waals surface area contributed by atoms with Crippen LogP contribution in [0.4, 0.5) is 4.39 Å². The first-order chi connectivity index (χ1) is 9.13. The number of halogens is 1. The molecule has 1 atom stereocenters. The summed E-state index contributed by atoms with van der Waals surface area (Å²) in [5, 5.41) is 3.53. The van der Waals surface area contributed by atoms with Crippen molar-refractivity contribution in [1.82, 2.24) is 5.32 Å². The summed E-state index contributed by atoms with van der Waals surface area (Å²) < 4.78 is 13.0. The molecule has 1 rings (SSSR count). The van der Waals surface area contributed by atoms with Crippen LogP contribution in [-0.2, 0) is 0 Å². The molecule has 0 heterocycles. The van der Waals surface area contributed by atoms with Gasteiger partial charge in [-0.3, -0.25) is 0 Å². The van der Waals surface area contributed by atoms with Crippen LogP contribution in [0.2, 0.25) is 0 Å². The molecule has 108 valence electrons. The van der Waals surface area contributed by atoms with Gasteiger partial charge in [0.2, 0.25) is 0 Å². The van der Waals surface area contributed by atoms with Crippen molar-refractivity contribution in [2.45, 2.75) is 52.4 Å². The van der Waals surface area contributed by atoms with Crippen molar-refractivity contribution >= 4 is 0 Å². The topological polar surface area (TPSA) is 12.0 Å². The van der Waals surface area contributed by atoms with E-state index in [1.165, 1.54) is 31.2 Å². The zero-order chi connectivity index (χ0) is 14.1. The van der Waals surface area contributed by atoms with Crippen molar-refractivity contribution in [2.24, 2.45) is 5.92 Å². The highest BCUT2D eigenvalue weighted by Gasteiger charge is 2.11. The molecule has 1 nitrogen and oxygen atoms in total. The second kappa shape index (κ2) is 9.08. The fraction of sp³-hybridized carbons (Fsp3) is 0.647. The fourth-order valence-electron chi connectivity index (χ4n) is 2.31. The highest BCUT2D eigenvalue weighted by molar-refractivity contribution is 5.20. The third-order valence-corrected chi connectivity index (χ3v) is 3.44. The molecule has 0 saturated heterocycles. The molecule has 1 N–H and O–H groups in total. The summed E-state index contributed by atoms with van der Waals surface area (Å²) in [6, 6.07) is 7.02. The van der Waals surface area contributed by atoms with Crippen LogP contribution in [-0.4, -0.2) is 13.1 Å². The largest absolute Gasteiger partial charge is 0.316 e. The van der Waals surface area contributed by atoms with Crippen LogP contribution < -0.4 is 5.32 Å². The van der Waals surface area contributed by atoms with Gasteiger partial charge in [0.1, 0.15) is 5.82 Å². The maximum Gasteiger partial charge on any atom is 0.123 e. The lowest BCUT2D eigenvalue weighted by Gasteiger charge is -2.19. The van der Waals surface area contributed by atoms with Crippen molar-refractivity contribution < 1.29 is 4.39 Å². The smallest absolute Gasteiger partial charge is 0.123 e. The van der Waals surface area contributed by atoms with E-state index in [0.717, 1.165) is 13.1 Å². The first-order valence-corrected chi connectivity index (χ1v) is 7.59. The van der Waals surface area contributed by atoms with Gasteiger partial charge in [-0.1, -0.05) is 52.2 Å². The SMILES string of the molecule is CCCCCC(CNCC(C)C)c1ccc(F)cc1. The van der Waals surface area contributed by atoms with E-state index in [0.29, 0.717) is 11.8 Å². The average Bonchev–Trinajstić information content (AvgIpc) is 2.38. The molecule has 0 aliphatic rings. The summed E-state index contributed by atoms with van der Waals surface area (Å²) in [4.78, 5) is 0. The van der Waals surface area contributed by atoms with Gasteiger partial charge in [0.15, 0.2) is 0 Å². The van der Waals surface area contributed by atoms with Gasteiger partial charge in [0, 0.05) is 6.54 Å². The summed E-state index contributed by atoms with van der Waals surface area (Å²) in [5.74, 6) is 1.03. The maximum atomic E-state index is 13.0. The second-order valence-electron chi connectivity index (χ2n) is 5.80. The Morgan fingerprint density at radius 1 is 1.05 bits per heavy atom. The number of benzene rings is 1. The molecule has 0 aliphatic heterocycles. The Morgan fingerprint density at radius 2 is 1.74 bits per heavy atom. The van der Waals surface area contributed by atoms with Crippen LogP contribution in [0, 0.1) is 11.7 Å². The van der Waals surface area contributed by atoms with Gasteiger partial charge < -0.3 is 5.32 Å². The molecule has 2 heteroatoms. The zero-order valence-corrected chi connectivity index (χ0v) is 12.6. The number of rotatable bonds is 9. The lowest BCUT2D eigenvalue weighted by atomic mass is 9.93. The van der Waals surface area contributed by atoms with Gasteiger partial charge >= 0.3 is 0 Å². The van der Waals surface area contributed by atoms with E-state index in [-0.39, 0.29) is 5.82 Å². The summed E-state index contributed by atoms with van der Waals surface area (Å²) in [6.07, 6.45) is 4.96. The van der Waals surface area contributed by atoms with Gasteiger partial charge in [-0.25, -0.2) is 4.39 Å². The molecule has 0 fully saturated rings. The highest BCUT2D eigenvalue weighted by Crippen LogP contribution is 2.22. The second-order valence-corrected chi connectivity index (χ2v) is 5.80. The maximum absolute atomic E-state index is 13.0. The Hall–Kier alpha value is -0.890. The van der Waals surface area contributed by atoms with Crippen molar-refractivity contribution in [3.8, 4) is 0 Å². The van der Waals surface area contributed by atoms with E-state index in [1.807, 2.05) is 12.1 Å². The molecule has 0 saturated carbocycles. The monoisotopic (exact) mass is 265 g/mol. The highest BCUT2D eigenvalue weighted by atomic mass is 19.1. The molecular formula is C17H28FN. The van der Waals surface area contributed by atoms with Crippen LogP contribution in [0.25, 0.3) is 0 Å². The summed E-state index contributed by atoms with van der Waals surface area (Å²) in [7, 11) is 0. The minimum atomic E-state index is -0.147. The predicted molar refractivity (Wildman–Crippen MR) is 81.0 cm³/mol. The molecule has 0 radical (unpaired) electrons. The van der Waals surface area contributed by atoms with Gasteiger partial charge in [0.05, 0.1) is 0 Å². The molecule has 0 amide bonds. The molecule has 1 unspecified atom stereocenters. The van der Waals surface area contributed by atoms with Gasteiger partial charge in [-0.2, -0.15) is 0 Å². The zero-order valence-electron chi connectivity index (χ0n) is 12.6. The van der Waals surface area contributed by atoms with Gasteiger partial charge in [-0.15, -0.1) is 0 Å². The van der Waals surface area contributed by atoms with E-state index in [4.69, 9.17) is 0 Å². The standard InChI is InChI=1S/C17H28FN/c1-4-5-6-7-16(13-19-12-14(2)3)15-8-10-17(18)11-9-15/h8-11,14,16,19H,4-7,12-13H2,1-3H3. The average molecular weight is 265 g/mol. The quantitative estimate of drug-likeness (QED) is 0.636. The van der Waals surface area contributed by atoms with Gasteiger partial charge in [-0.05, 0) is 42.5 Å². The van der Waals surface area contributed by atoms with Crippen LogP contribution in [0.3, 0.4) is 0 Å². The molecule has 0 aliphatic carbocycles. The normalized spacial score (nSPS) is 12.9. The van der Waals surface area contributed by atoms with E-state index in [1.54, 1.807) is 12.1 Å². The lowest BCUT2D eigenvalue weighted by molar-refractivity contribution is 0.485. The van der Waals surface area contributed by atoms with Crippen molar-refractivity contribution in [2.75, 3.05) is 13.1 Å². The number of unbranched alkanes of at least 4 members (excludes halogenated alkanes) is 2. The van der Waals surface area contributed by atoms with Crippen LogP contribution >= 0.6 is 0 Å². The molecular weight excluding hydrogens is 237 g/mol. The minimum Gasteiger partial charge on any atom is -0.316 e. The number of hydrogen-bond donors (Lipinski definition) is 1. The fourth-order valence-corrected chi connectivity index (χ4v) is 2.31. The molecule has 0 spiro atoms. The molecule has 0 bridgehead atoms. The van der Waals surface area contributed by atoms with Gasteiger partial charge in [0.25, 0.3) is 0 Å². The first-order valence-electron chi connectivity index (χ1n) is 7.59.